The average molecular weight is 348 g/mol. The SMILES string of the molecule is O=C(O)COCC(=O)N1C[C@@H]2OCC(=O)N(Cc3ccccc3)[C@@H]2C1. The van der Waals surface area contributed by atoms with Crippen molar-refractivity contribution in [1.29, 1.82) is 0 Å². The topological polar surface area (TPSA) is 96.4 Å². The van der Waals surface area contributed by atoms with Crippen molar-refractivity contribution >= 4 is 17.8 Å². The lowest BCUT2D eigenvalue weighted by molar-refractivity contribution is -0.153. The largest absolute Gasteiger partial charge is 0.480 e. The summed E-state index contributed by atoms with van der Waals surface area (Å²) in [6, 6.07) is 9.46. The Morgan fingerprint density at radius 1 is 1.20 bits per heavy atom. The van der Waals surface area contributed by atoms with Crippen molar-refractivity contribution in [2.45, 2.75) is 18.7 Å². The predicted octanol–water partition coefficient (Wildman–Crippen LogP) is -0.274. The quantitative estimate of drug-likeness (QED) is 0.760. The first-order valence-corrected chi connectivity index (χ1v) is 8.07. The van der Waals surface area contributed by atoms with Crippen LogP contribution in [0.2, 0.25) is 0 Å². The van der Waals surface area contributed by atoms with Crippen molar-refractivity contribution in [3.8, 4) is 0 Å². The fraction of sp³-hybridized carbons (Fsp3) is 0.471. The molecule has 0 spiro atoms. The molecular formula is C17H20N2O6. The van der Waals surface area contributed by atoms with Gasteiger partial charge in [0.2, 0.25) is 11.8 Å². The Morgan fingerprint density at radius 2 is 1.96 bits per heavy atom. The first-order valence-electron chi connectivity index (χ1n) is 8.07. The number of hydrogen-bond donors (Lipinski definition) is 1. The minimum Gasteiger partial charge on any atom is -0.480 e. The molecule has 0 saturated carbocycles. The number of carbonyl (C=O) groups is 3. The maximum atomic E-state index is 12.3. The molecule has 2 aliphatic rings. The maximum Gasteiger partial charge on any atom is 0.329 e. The second-order valence-electron chi connectivity index (χ2n) is 6.11. The molecule has 8 nitrogen and oxygen atoms in total. The van der Waals surface area contributed by atoms with E-state index in [1.165, 1.54) is 0 Å². The number of ether oxygens (including phenoxy) is 2. The van der Waals surface area contributed by atoms with Gasteiger partial charge >= 0.3 is 5.97 Å². The number of morpholine rings is 1. The summed E-state index contributed by atoms with van der Waals surface area (Å²) in [7, 11) is 0. The molecule has 25 heavy (non-hydrogen) atoms. The molecule has 2 fully saturated rings. The summed E-state index contributed by atoms with van der Waals surface area (Å²) in [5.41, 5.74) is 1.02. The van der Waals surface area contributed by atoms with Gasteiger partial charge in [0.25, 0.3) is 0 Å². The maximum absolute atomic E-state index is 12.3. The third kappa shape index (κ3) is 4.15. The summed E-state index contributed by atoms with van der Waals surface area (Å²) in [4.78, 5) is 38.2. The molecule has 0 unspecified atom stereocenters. The number of nitrogens with zero attached hydrogens (tertiary/aromatic N) is 2. The highest BCUT2D eigenvalue weighted by atomic mass is 16.5. The van der Waals surface area contributed by atoms with Crippen molar-refractivity contribution in [3.63, 3.8) is 0 Å². The number of aliphatic carboxylic acids is 1. The number of carbonyl (C=O) groups excluding carboxylic acids is 2. The van der Waals surface area contributed by atoms with E-state index in [-0.39, 0.29) is 37.2 Å². The molecule has 1 aromatic carbocycles. The Hall–Kier alpha value is -2.45. The fourth-order valence-electron chi connectivity index (χ4n) is 3.17. The van der Waals surface area contributed by atoms with Gasteiger partial charge in [0.1, 0.15) is 19.8 Å². The number of carboxylic acid groups (broad SMARTS) is 1. The summed E-state index contributed by atoms with van der Waals surface area (Å²) in [5, 5.41) is 8.55. The van der Waals surface area contributed by atoms with Gasteiger partial charge in [-0.2, -0.15) is 0 Å². The number of fused-ring (bicyclic) bond motifs is 1. The molecule has 2 saturated heterocycles. The summed E-state index contributed by atoms with van der Waals surface area (Å²) in [6.07, 6.45) is -0.232. The first-order chi connectivity index (χ1) is 12.0. The second kappa shape index (κ2) is 7.62. The molecule has 1 N–H and O–H groups in total. The van der Waals surface area contributed by atoms with Crippen LogP contribution < -0.4 is 0 Å². The summed E-state index contributed by atoms with van der Waals surface area (Å²) in [5.74, 6) is -1.52. The summed E-state index contributed by atoms with van der Waals surface area (Å²) in [6.45, 7) is 0.407. The van der Waals surface area contributed by atoms with Crippen molar-refractivity contribution in [1.82, 2.24) is 9.80 Å². The van der Waals surface area contributed by atoms with E-state index in [4.69, 9.17) is 14.6 Å². The van der Waals surface area contributed by atoms with Crippen LogP contribution in [-0.4, -0.2) is 77.7 Å². The van der Waals surface area contributed by atoms with E-state index < -0.39 is 12.6 Å². The highest BCUT2D eigenvalue weighted by Crippen LogP contribution is 2.25. The zero-order chi connectivity index (χ0) is 17.8. The van der Waals surface area contributed by atoms with Crippen LogP contribution in [0.1, 0.15) is 5.56 Å². The van der Waals surface area contributed by atoms with E-state index in [0.717, 1.165) is 5.56 Å². The monoisotopic (exact) mass is 348 g/mol. The van der Waals surface area contributed by atoms with Crippen LogP contribution in [0.25, 0.3) is 0 Å². The van der Waals surface area contributed by atoms with Gasteiger partial charge in [-0.25, -0.2) is 4.79 Å². The van der Waals surface area contributed by atoms with Crippen molar-refractivity contribution < 1.29 is 29.0 Å². The molecule has 2 amide bonds. The lowest BCUT2D eigenvalue weighted by atomic mass is 10.1. The molecule has 2 atom stereocenters. The average Bonchev–Trinajstić information content (AvgIpc) is 3.03. The van der Waals surface area contributed by atoms with Crippen LogP contribution in [0.15, 0.2) is 30.3 Å². The van der Waals surface area contributed by atoms with Crippen LogP contribution >= 0.6 is 0 Å². The molecule has 2 heterocycles. The van der Waals surface area contributed by atoms with Crippen LogP contribution in [0.5, 0.6) is 0 Å². The van der Waals surface area contributed by atoms with Crippen molar-refractivity contribution in [2.24, 2.45) is 0 Å². The van der Waals surface area contributed by atoms with Crippen LogP contribution in [-0.2, 0) is 30.4 Å². The van der Waals surface area contributed by atoms with E-state index >= 15 is 0 Å². The molecule has 1 aromatic rings. The van der Waals surface area contributed by atoms with Crippen LogP contribution in [0.3, 0.4) is 0 Å². The molecule has 134 valence electrons. The van der Waals surface area contributed by atoms with Gasteiger partial charge in [0, 0.05) is 19.6 Å². The van der Waals surface area contributed by atoms with Crippen LogP contribution in [0.4, 0.5) is 0 Å². The van der Waals surface area contributed by atoms with E-state index in [0.29, 0.717) is 19.6 Å². The Kier molecular flexibility index (Phi) is 5.30. The van der Waals surface area contributed by atoms with E-state index in [9.17, 15) is 14.4 Å². The van der Waals surface area contributed by atoms with Gasteiger partial charge in [-0.15, -0.1) is 0 Å². The van der Waals surface area contributed by atoms with Crippen molar-refractivity contribution in [2.75, 3.05) is 32.9 Å². The number of hydrogen-bond acceptors (Lipinski definition) is 5. The third-order valence-electron chi connectivity index (χ3n) is 4.38. The number of likely N-dealkylation sites (tertiary alicyclic amines) is 1. The molecule has 0 aromatic heterocycles. The van der Waals surface area contributed by atoms with Gasteiger partial charge in [-0.3, -0.25) is 9.59 Å². The highest BCUT2D eigenvalue weighted by Gasteiger charge is 2.44. The van der Waals surface area contributed by atoms with Gasteiger partial charge in [0.05, 0.1) is 12.1 Å². The molecule has 3 rings (SSSR count). The molecule has 0 radical (unpaired) electrons. The van der Waals surface area contributed by atoms with Gasteiger partial charge in [0.15, 0.2) is 0 Å². The lowest BCUT2D eigenvalue weighted by Gasteiger charge is -2.36. The standard InChI is InChI=1S/C17H20N2O6/c20-15(9-24-11-17(22)23)18-7-13-14(8-18)25-10-16(21)19(13)6-12-4-2-1-3-5-12/h1-5,13-14H,6-11H2,(H,22,23)/t13-,14+/m1/s1. The zero-order valence-electron chi connectivity index (χ0n) is 13.7. The second-order valence-corrected chi connectivity index (χ2v) is 6.11. The first kappa shape index (κ1) is 17.4. The minimum atomic E-state index is -1.12. The zero-order valence-corrected chi connectivity index (χ0v) is 13.7. The Morgan fingerprint density at radius 3 is 2.68 bits per heavy atom. The van der Waals surface area contributed by atoms with Gasteiger partial charge < -0.3 is 24.4 Å². The van der Waals surface area contributed by atoms with Crippen LogP contribution in [0, 0.1) is 0 Å². The molecule has 0 aliphatic carbocycles. The van der Waals surface area contributed by atoms with Crippen molar-refractivity contribution in [3.05, 3.63) is 35.9 Å². The summed E-state index contributed by atoms with van der Waals surface area (Å²) < 4.78 is 10.4. The van der Waals surface area contributed by atoms with E-state index in [1.807, 2.05) is 30.3 Å². The molecule has 8 heteroatoms. The normalized spacial score (nSPS) is 22.8. The summed E-state index contributed by atoms with van der Waals surface area (Å²) >= 11 is 0. The van der Waals surface area contributed by atoms with Gasteiger partial charge in [-0.1, -0.05) is 30.3 Å². The minimum absolute atomic E-state index is 0.00550. The van der Waals surface area contributed by atoms with Gasteiger partial charge in [-0.05, 0) is 5.56 Å². The smallest absolute Gasteiger partial charge is 0.329 e. The number of amides is 2. The third-order valence-corrected chi connectivity index (χ3v) is 4.38. The molecule has 2 aliphatic heterocycles. The Balaban J connectivity index is 1.62. The number of rotatable bonds is 6. The molecule has 0 bridgehead atoms. The lowest BCUT2D eigenvalue weighted by Crippen LogP contribution is -2.53. The highest BCUT2D eigenvalue weighted by molar-refractivity contribution is 5.81. The number of benzene rings is 1. The number of carboxylic acids is 1. The van der Waals surface area contributed by atoms with E-state index in [1.54, 1.807) is 9.80 Å². The predicted molar refractivity (Wildman–Crippen MR) is 85.6 cm³/mol. The molecular weight excluding hydrogens is 328 g/mol. The Labute approximate surface area is 144 Å². The van der Waals surface area contributed by atoms with E-state index in [2.05, 4.69) is 0 Å². The fourth-order valence-corrected chi connectivity index (χ4v) is 3.17. The Bertz CT molecular complexity index is 650.